The second kappa shape index (κ2) is 6.30. The largest absolute Gasteiger partial charge is 0.358 e. The first-order valence-corrected chi connectivity index (χ1v) is 8.02. The molecular weight excluding hydrogens is 316 g/mol. The van der Waals surface area contributed by atoms with E-state index in [1.165, 1.54) is 0 Å². The maximum Gasteiger partial charge on any atom is 0.141 e. The second-order valence-electron chi connectivity index (χ2n) is 4.86. The van der Waals surface area contributed by atoms with Gasteiger partial charge in [0.2, 0.25) is 0 Å². The zero-order valence-corrected chi connectivity index (χ0v) is 13.5. The summed E-state index contributed by atoms with van der Waals surface area (Å²) in [6.07, 6.45) is 2.03. The third-order valence-electron chi connectivity index (χ3n) is 3.43. The Morgan fingerprint density at radius 1 is 1.27 bits per heavy atom. The van der Waals surface area contributed by atoms with Crippen LogP contribution in [0.15, 0.2) is 36.0 Å². The highest BCUT2D eigenvalue weighted by atomic mass is 35.5. The Morgan fingerprint density at radius 2 is 2.05 bits per heavy atom. The SMILES string of the molecule is CN(CCC#N)c1ncnc2scc(-c3ccc(Cl)cc3)c12. The van der Waals surface area contributed by atoms with Crippen molar-refractivity contribution in [3.05, 3.63) is 41.0 Å². The number of halogens is 1. The van der Waals surface area contributed by atoms with Crippen molar-refractivity contribution in [3.8, 4) is 17.2 Å². The fourth-order valence-corrected chi connectivity index (χ4v) is 3.35. The Labute approximate surface area is 137 Å². The summed E-state index contributed by atoms with van der Waals surface area (Å²) in [5.74, 6) is 0.853. The molecule has 2 aromatic heterocycles. The maximum absolute atomic E-state index is 8.77. The van der Waals surface area contributed by atoms with Gasteiger partial charge in [-0.1, -0.05) is 23.7 Å². The molecule has 6 heteroatoms. The Kier molecular flexibility index (Phi) is 4.23. The van der Waals surface area contributed by atoms with Crippen LogP contribution in [0.5, 0.6) is 0 Å². The van der Waals surface area contributed by atoms with Gasteiger partial charge in [0.25, 0.3) is 0 Å². The predicted octanol–water partition coefficient (Wildman–Crippen LogP) is 4.36. The van der Waals surface area contributed by atoms with Crippen molar-refractivity contribution in [2.75, 3.05) is 18.5 Å². The third kappa shape index (κ3) is 2.76. The van der Waals surface area contributed by atoms with Crippen molar-refractivity contribution in [2.24, 2.45) is 0 Å². The number of hydrogen-bond donors (Lipinski definition) is 0. The monoisotopic (exact) mass is 328 g/mol. The highest BCUT2D eigenvalue weighted by Crippen LogP contribution is 2.37. The fourth-order valence-electron chi connectivity index (χ4n) is 2.31. The number of anilines is 1. The van der Waals surface area contributed by atoms with Crippen LogP contribution < -0.4 is 4.90 Å². The summed E-state index contributed by atoms with van der Waals surface area (Å²) in [5, 5.41) is 12.6. The van der Waals surface area contributed by atoms with E-state index in [4.69, 9.17) is 16.9 Å². The van der Waals surface area contributed by atoms with Crippen molar-refractivity contribution < 1.29 is 0 Å². The minimum atomic E-state index is 0.461. The van der Waals surface area contributed by atoms with Crippen LogP contribution in [-0.2, 0) is 0 Å². The molecule has 110 valence electrons. The summed E-state index contributed by atoms with van der Waals surface area (Å²) >= 11 is 7.56. The standard InChI is InChI=1S/C16H13ClN4S/c1-21(8-2-7-18)15-14-13(9-22-16(14)20-10-19-15)11-3-5-12(17)6-4-11/h3-6,9-10H,2,8H2,1H3. The topological polar surface area (TPSA) is 52.8 Å². The molecule has 3 rings (SSSR count). The molecule has 0 amide bonds. The molecule has 0 radical (unpaired) electrons. The van der Waals surface area contributed by atoms with E-state index in [1.54, 1.807) is 17.7 Å². The van der Waals surface area contributed by atoms with Crippen LogP contribution in [0, 0.1) is 11.3 Å². The molecular formula is C16H13ClN4S. The summed E-state index contributed by atoms with van der Waals surface area (Å²) in [7, 11) is 1.95. The van der Waals surface area contributed by atoms with Crippen molar-refractivity contribution >= 4 is 39.0 Å². The van der Waals surface area contributed by atoms with E-state index in [2.05, 4.69) is 21.4 Å². The first-order chi connectivity index (χ1) is 10.7. The average Bonchev–Trinajstić information content (AvgIpc) is 2.97. The summed E-state index contributed by atoms with van der Waals surface area (Å²) in [6.45, 7) is 0.637. The number of thiophene rings is 1. The van der Waals surface area contributed by atoms with E-state index < -0.39 is 0 Å². The molecule has 0 saturated heterocycles. The number of aromatic nitrogens is 2. The van der Waals surface area contributed by atoms with Gasteiger partial charge in [-0.15, -0.1) is 11.3 Å². The van der Waals surface area contributed by atoms with Crippen LogP contribution in [0.1, 0.15) is 6.42 Å². The van der Waals surface area contributed by atoms with E-state index in [0.29, 0.717) is 18.0 Å². The normalized spacial score (nSPS) is 10.6. The smallest absolute Gasteiger partial charge is 0.141 e. The highest BCUT2D eigenvalue weighted by Gasteiger charge is 2.15. The van der Waals surface area contributed by atoms with E-state index >= 15 is 0 Å². The van der Waals surface area contributed by atoms with Crippen LogP contribution >= 0.6 is 22.9 Å². The molecule has 0 aliphatic heterocycles. The van der Waals surface area contributed by atoms with Crippen LogP contribution in [0.25, 0.3) is 21.3 Å². The van der Waals surface area contributed by atoms with E-state index in [0.717, 1.165) is 27.2 Å². The fraction of sp³-hybridized carbons (Fsp3) is 0.188. The van der Waals surface area contributed by atoms with Crippen LogP contribution in [0.2, 0.25) is 5.02 Å². The molecule has 3 aromatic rings. The van der Waals surface area contributed by atoms with Gasteiger partial charge in [0, 0.05) is 29.6 Å². The quantitative estimate of drug-likeness (QED) is 0.714. The molecule has 2 heterocycles. The number of nitriles is 1. The van der Waals surface area contributed by atoms with Crippen LogP contribution in [0.3, 0.4) is 0 Å². The first kappa shape index (κ1) is 14.8. The molecule has 0 fully saturated rings. The molecule has 0 aliphatic rings. The van der Waals surface area contributed by atoms with Crippen molar-refractivity contribution in [2.45, 2.75) is 6.42 Å². The van der Waals surface area contributed by atoms with Gasteiger partial charge in [-0.2, -0.15) is 5.26 Å². The van der Waals surface area contributed by atoms with Gasteiger partial charge in [-0.25, -0.2) is 9.97 Å². The molecule has 1 aromatic carbocycles. The minimum Gasteiger partial charge on any atom is -0.358 e. The van der Waals surface area contributed by atoms with Gasteiger partial charge in [0.05, 0.1) is 17.9 Å². The minimum absolute atomic E-state index is 0.461. The van der Waals surface area contributed by atoms with Gasteiger partial charge in [0.15, 0.2) is 0 Å². The van der Waals surface area contributed by atoms with Gasteiger partial charge in [-0.05, 0) is 17.7 Å². The Morgan fingerprint density at radius 3 is 2.77 bits per heavy atom. The van der Waals surface area contributed by atoms with Crippen LogP contribution in [-0.4, -0.2) is 23.6 Å². The molecule has 0 bridgehead atoms. The van der Waals surface area contributed by atoms with Gasteiger partial charge >= 0.3 is 0 Å². The predicted molar refractivity (Wildman–Crippen MR) is 91.4 cm³/mol. The molecule has 0 N–H and O–H groups in total. The first-order valence-electron chi connectivity index (χ1n) is 6.77. The molecule has 0 atom stereocenters. The number of nitrogens with zero attached hydrogens (tertiary/aromatic N) is 4. The lowest BCUT2D eigenvalue weighted by atomic mass is 10.1. The lowest BCUT2D eigenvalue weighted by molar-refractivity contribution is 0.887. The number of hydrogen-bond acceptors (Lipinski definition) is 5. The average molecular weight is 329 g/mol. The summed E-state index contributed by atoms with van der Waals surface area (Å²) in [5.41, 5.74) is 2.18. The highest BCUT2D eigenvalue weighted by molar-refractivity contribution is 7.17. The molecule has 4 nitrogen and oxygen atoms in total. The van der Waals surface area contributed by atoms with Gasteiger partial charge in [0.1, 0.15) is 17.0 Å². The van der Waals surface area contributed by atoms with E-state index in [-0.39, 0.29) is 0 Å². The lowest BCUT2D eigenvalue weighted by Gasteiger charge is -2.17. The molecule has 0 spiro atoms. The Balaban J connectivity index is 2.12. The second-order valence-corrected chi connectivity index (χ2v) is 6.16. The Bertz CT molecular complexity index is 835. The summed E-state index contributed by atoms with van der Waals surface area (Å²) in [4.78, 5) is 11.7. The molecule has 0 saturated carbocycles. The Hall–Kier alpha value is -2.16. The third-order valence-corrected chi connectivity index (χ3v) is 4.56. The number of benzene rings is 1. The number of rotatable bonds is 4. The van der Waals surface area contributed by atoms with Crippen LogP contribution in [0.4, 0.5) is 5.82 Å². The van der Waals surface area contributed by atoms with Gasteiger partial charge in [-0.3, -0.25) is 0 Å². The zero-order chi connectivity index (χ0) is 15.5. The summed E-state index contributed by atoms with van der Waals surface area (Å²) in [6, 6.07) is 9.91. The number of fused-ring (bicyclic) bond motifs is 1. The lowest BCUT2D eigenvalue weighted by Crippen LogP contribution is -2.19. The van der Waals surface area contributed by atoms with Crippen molar-refractivity contribution in [1.82, 2.24) is 9.97 Å². The van der Waals surface area contributed by atoms with Crippen molar-refractivity contribution in [1.29, 1.82) is 5.26 Å². The van der Waals surface area contributed by atoms with E-state index in [9.17, 15) is 0 Å². The zero-order valence-electron chi connectivity index (χ0n) is 12.0. The molecule has 22 heavy (non-hydrogen) atoms. The molecule has 0 aliphatic carbocycles. The molecule has 0 unspecified atom stereocenters. The maximum atomic E-state index is 8.77. The van der Waals surface area contributed by atoms with Gasteiger partial charge < -0.3 is 4.90 Å². The summed E-state index contributed by atoms with van der Waals surface area (Å²) < 4.78 is 0. The van der Waals surface area contributed by atoms with E-state index in [1.807, 2.05) is 36.2 Å². The van der Waals surface area contributed by atoms with Crippen molar-refractivity contribution in [3.63, 3.8) is 0 Å².